The number of nitrogens with zero attached hydrogens (tertiary/aromatic N) is 4. The van der Waals surface area contributed by atoms with E-state index in [0.717, 1.165) is 5.69 Å². The van der Waals surface area contributed by atoms with Gasteiger partial charge in [0, 0.05) is 70.0 Å². The van der Waals surface area contributed by atoms with Crippen LogP contribution in [0.25, 0.3) is 0 Å². The number of aryl methyl sites for hydroxylation is 1. The first kappa shape index (κ1) is 26.0. The number of nitro benzene ring substituents is 1. The summed E-state index contributed by atoms with van der Waals surface area (Å²) in [6, 6.07) is 9.37. The average Bonchev–Trinajstić information content (AvgIpc) is 3.22. The van der Waals surface area contributed by atoms with Gasteiger partial charge >= 0.3 is 0 Å². The van der Waals surface area contributed by atoms with Crippen LogP contribution in [-0.4, -0.2) is 77.7 Å². The number of non-ortho nitro benzene ring substituents is 1. The number of methoxy groups -OCH3 is 1. The van der Waals surface area contributed by atoms with Crippen LogP contribution < -0.4 is 0 Å². The van der Waals surface area contributed by atoms with E-state index in [1.165, 1.54) is 29.2 Å². The van der Waals surface area contributed by atoms with E-state index in [1.54, 1.807) is 12.0 Å². The maximum atomic E-state index is 13.2. The topological polar surface area (TPSA) is 107 Å². The van der Waals surface area contributed by atoms with Gasteiger partial charge in [0.25, 0.3) is 11.6 Å². The number of carbonyl (C=O) groups excluding carboxylic acids is 2. The number of benzene rings is 1. The molecule has 2 aromatic rings. The third-order valence-electron chi connectivity index (χ3n) is 5.16. The minimum Gasteiger partial charge on any atom is -0.383 e. The van der Waals surface area contributed by atoms with Gasteiger partial charge in [-0.1, -0.05) is 6.07 Å². The number of hydrogen-bond acceptors (Lipinski definition) is 6. The fraction of sp³-hybridized carbons (Fsp3) is 0.478. The van der Waals surface area contributed by atoms with Gasteiger partial charge in [-0.3, -0.25) is 19.7 Å². The molecule has 1 aromatic heterocycles. The summed E-state index contributed by atoms with van der Waals surface area (Å²) in [4.78, 5) is 40.1. The Morgan fingerprint density at radius 3 is 2.55 bits per heavy atom. The third-order valence-corrected chi connectivity index (χ3v) is 5.16. The zero-order chi connectivity index (χ0) is 24.2. The molecule has 0 atom stereocenters. The summed E-state index contributed by atoms with van der Waals surface area (Å²) in [5.74, 6) is -0.669. The van der Waals surface area contributed by atoms with Crippen molar-refractivity contribution in [1.82, 2.24) is 14.4 Å². The molecule has 10 nitrogen and oxygen atoms in total. The first-order valence-corrected chi connectivity index (χ1v) is 10.9. The zero-order valence-electron chi connectivity index (χ0n) is 19.4. The quantitative estimate of drug-likeness (QED) is 0.244. The summed E-state index contributed by atoms with van der Waals surface area (Å²) in [7, 11) is 3.47. The number of ether oxygens (including phenoxy) is 2. The fourth-order valence-corrected chi connectivity index (χ4v) is 3.30. The van der Waals surface area contributed by atoms with Crippen LogP contribution in [0.5, 0.6) is 0 Å². The van der Waals surface area contributed by atoms with Gasteiger partial charge in [-0.15, -0.1) is 0 Å². The molecule has 33 heavy (non-hydrogen) atoms. The molecule has 0 aliphatic rings. The molecule has 0 saturated carbocycles. The second kappa shape index (κ2) is 13.3. The van der Waals surface area contributed by atoms with E-state index >= 15 is 0 Å². The molecular formula is C23H32N4O6. The van der Waals surface area contributed by atoms with E-state index in [0.29, 0.717) is 39.3 Å². The van der Waals surface area contributed by atoms with Crippen molar-refractivity contribution in [1.29, 1.82) is 0 Å². The Morgan fingerprint density at radius 2 is 1.91 bits per heavy atom. The predicted molar refractivity (Wildman–Crippen MR) is 123 cm³/mol. The van der Waals surface area contributed by atoms with Gasteiger partial charge in [0.1, 0.15) is 6.54 Å². The average molecular weight is 461 g/mol. The summed E-state index contributed by atoms with van der Waals surface area (Å²) >= 11 is 0. The largest absolute Gasteiger partial charge is 0.383 e. The number of nitro groups is 1. The Labute approximate surface area is 193 Å². The van der Waals surface area contributed by atoms with Crippen molar-refractivity contribution < 1.29 is 24.0 Å². The van der Waals surface area contributed by atoms with Gasteiger partial charge in [-0.25, -0.2) is 0 Å². The molecule has 0 radical (unpaired) electrons. The van der Waals surface area contributed by atoms with Crippen molar-refractivity contribution in [3.8, 4) is 0 Å². The molecule has 180 valence electrons. The van der Waals surface area contributed by atoms with Crippen molar-refractivity contribution >= 4 is 17.5 Å². The minimum absolute atomic E-state index is 0.151. The molecule has 0 spiro atoms. The van der Waals surface area contributed by atoms with Crippen molar-refractivity contribution in [2.45, 2.75) is 19.9 Å². The van der Waals surface area contributed by atoms with Crippen molar-refractivity contribution in [2.75, 3.05) is 46.6 Å². The second-order valence-electron chi connectivity index (χ2n) is 7.50. The van der Waals surface area contributed by atoms with Gasteiger partial charge in [0.2, 0.25) is 5.91 Å². The van der Waals surface area contributed by atoms with E-state index in [4.69, 9.17) is 9.47 Å². The monoisotopic (exact) mass is 460 g/mol. The van der Waals surface area contributed by atoms with Crippen molar-refractivity contribution in [3.63, 3.8) is 0 Å². The van der Waals surface area contributed by atoms with E-state index < -0.39 is 10.8 Å². The number of rotatable bonds is 14. The molecule has 0 saturated heterocycles. The maximum absolute atomic E-state index is 13.2. The molecule has 2 amide bonds. The number of hydrogen-bond donors (Lipinski definition) is 0. The van der Waals surface area contributed by atoms with Gasteiger partial charge < -0.3 is 23.8 Å². The first-order chi connectivity index (χ1) is 15.9. The number of aromatic nitrogens is 1. The molecule has 0 unspecified atom stereocenters. The lowest BCUT2D eigenvalue weighted by Gasteiger charge is -2.28. The summed E-state index contributed by atoms with van der Waals surface area (Å²) in [5.41, 5.74) is 0.943. The highest BCUT2D eigenvalue weighted by molar-refractivity contribution is 5.97. The van der Waals surface area contributed by atoms with E-state index in [-0.39, 0.29) is 30.2 Å². The SMILES string of the molecule is CCOCCCN(CC(=O)N(CCOC)Cc1cccn1C)C(=O)c1cccc([N+](=O)[O-])c1. The normalized spacial score (nSPS) is 10.8. The standard InChI is InChI=1S/C23H32N4O6/c1-4-33-14-7-12-26(23(29)19-8-5-9-20(16-19)27(30)31)18-22(28)25(13-15-32-3)17-21-10-6-11-24(21)2/h5-6,8-11,16H,4,7,12-15,17-18H2,1-3H3. The van der Waals surface area contributed by atoms with Gasteiger partial charge in [-0.05, 0) is 31.5 Å². The molecule has 1 heterocycles. The van der Waals surface area contributed by atoms with E-state index in [9.17, 15) is 19.7 Å². The zero-order valence-corrected chi connectivity index (χ0v) is 19.4. The second-order valence-corrected chi connectivity index (χ2v) is 7.50. The first-order valence-electron chi connectivity index (χ1n) is 10.9. The van der Waals surface area contributed by atoms with Crippen LogP contribution in [0, 0.1) is 10.1 Å². The van der Waals surface area contributed by atoms with Crippen LogP contribution in [0.1, 0.15) is 29.4 Å². The Kier molecular flexibility index (Phi) is 10.5. The van der Waals surface area contributed by atoms with Crippen LogP contribution in [-0.2, 0) is 27.9 Å². The summed E-state index contributed by atoms with van der Waals surface area (Å²) < 4.78 is 12.5. The Hall–Kier alpha value is -3.24. The van der Waals surface area contributed by atoms with Gasteiger partial charge in [0.05, 0.1) is 18.1 Å². The molecule has 0 aliphatic heterocycles. The van der Waals surface area contributed by atoms with Crippen LogP contribution in [0.2, 0.25) is 0 Å². The van der Waals surface area contributed by atoms with Crippen LogP contribution in [0.4, 0.5) is 5.69 Å². The maximum Gasteiger partial charge on any atom is 0.270 e. The molecule has 10 heteroatoms. The lowest BCUT2D eigenvalue weighted by atomic mass is 10.1. The lowest BCUT2D eigenvalue weighted by molar-refractivity contribution is -0.384. The highest BCUT2D eigenvalue weighted by Gasteiger charge is 2.24. The van der Waals surface area contributed by atoms with Crippen molar-refractivity contribution in [3.05, 3.63) is 64.0 Å². The van der Waals surface area contributed by atoms with Crippen molar-refractivity contribution in [2.24, 2.45) is 7.05 Å². The Balaban J connectivity index is 2.20. The Morgan fingerprint density at radius 1 is 1.12 bits per heavy atom. The number of amides is 2. The highest BCUT2D eigenvalue weighted by atomic mass is 16.6. The third kappa shape index (κ3) is 7.99. The molecule has 0 aliphatic carbocycles. The molecule has 1 aromatic carbocycles. The molecular weight excluding hydrogens is 428 g/mol. The smallest absolute Gasteiger partial charge is 0.270 e. The lowest BCUT2D eigenvalue weighted by Crippen LogP contribution is -2.44. The van der Waals surface area contributed by atoms with E-state index in [2.05, 4.69) is 0 Å². The van der Waals surface area contributed by atoms with Crippen LogP contribution in [0.15, 0.2) is 42.6 Å². The molecule has 0 bridgehead atoms. The summed E-state index contributed by atoms with van der Waals surface area (Å²) in [5, 5.41) is 11.1. The minimum atomic E-state index is -0.548. The highest BCUT2D eigenvalue weighted by Crippen LogP contribution is 2.16. The summed E-state index contributed by atoms with van der Waals surface area (Å²) in [6.45, 7) is 4.13. The molecule has 0 fully saturated rings. The number of carbonyl (C=O) groups is 2. The molecule has 2 rings (SSSR count). The van der Waals surface area contributed by atoms with Gasteiger partial charge in [0.15, 0.2) is 0 Å². The fourth-order valence-electron chi connectivity index (χ4n) is 3.30. The van der Waals surface area contributed by atoms with Crippen LogP contribution in [0.3, 0.4) is 0 Å². The van der Waals surface area contributed by atoms with Crippen LogP contribution >= 0.6 is 0 Å². The van der Waals surface area contributed by atoms with Gasteiger partial charge in [-0.2, -0.15) is 0 Å². The van der Waals surface area contributed by atoms with E-state index in [1.807, 2.05) is 36.9 Å². The molecule has 0 N–H and O–H groups in total. The Bertz CT molecular complexity index is 929. The summed E-state index contributed by atoms with van der Waals surface area (Å²) in [6.07, 6.45) is 2.44. The predicted octanol–water partition coefficient (Wildman–Crippen LogP) is 2.48.